The molecule has 0 N–H and O–H groups in total. The Labute approximate surface area is 233 Å². The molecule has 3 aromatic carbocycles. The summed E-state index contributed by atoms with van der Waals surface area (Å²) in [6, 6.07) is 16.2. The normalized spacial score (nSPS) is 16.4. The highest BCUT2D eigenvalue weighted by Gasteiger charge is 2.34. The lowest BCUT2D eigenvalue weighted by Crippen LogP contribution is -2.08. The van der Waals surface area contributed by atoms with Crippen molar-refractivity contribution in [2.75, 3.05) is 7.11 Å². The molecule has 38 heavy (non-hydrogen) atoms. The SMILES string of the molecule is COC(=O)c1ccc2c(c1)[S+]([O-])c1ccc(OCc3c(-c4c(Cl)cccc4Cl)noc3C3CC3)cc1CC2. The zero-order chi connectivity index (χ0) is 26.4. The first-order valence-electron chi connectivity index (χ1n) is 12.3. The number of nitrogens with zero attached hydrogens (tertiary/aromatic N) is 1. The van der Waals surface area contributed by atoms with Gasteiger partial charge in [-0.15, -0.1) is 0 Å². The minimum absolute atomic E-state index is 0.233. The minimum Gasteiger partial charge on any atom is -0.606 e. The van der Waals surface area contributed by atoms with E-state index in [1.165, 1.54) is 7.11 Å². The summed E-state index contributed by atoms with van der Waals surface area (Å²) < 4.78 is 30.3. The number of fused-ring (bicyclic) bond motifs is 2. The number of rotatable bonds is 6. The van der Waals surface area contributed by atoms with Crippen molar-refractivity contribution >= 4 is 40.3 Å². The fourth-order valence-electron chi connectivity index (χ4n) is 4.79. The number of carbonyl (C=O) groups excluding carboxylic acids is 1. The zero-order valence-electron chi connectivity index (χ0n) is 20.5. The van der Waals surface area contributed by atoms with E-state index < -0.39 is 17.1 Å². The van der Waals surface area contributed by atoms with E-state index in [0.29, 0.717) is 61.2 Å². The van der Waals surface area contributed by atoms with Gasteiger partial charge in [0.2, 0.25) is 0 Å². The number of benzene rings is 3. The number of methoxy groups -OCH3 is 1. The average Bonchev–Trinajstić information content (AvgIpc) is 3.71. The molecule has 9 heteroatoms. The summed E-state index contributed by atoms with van der Waals surface area (Å²) in [7, 11) is 1.33. The molecule has 6 nitrogen and oxygen atoms in total. The summed E-state index contributed by atoms with van der Waals surface area (Å²) in [5.74, 6) is 1.33. The smallest absolute Gasteiger partial charge is 0.338 e. The molecule has 1 saturated carbocycles. The maximum absolute atomic E-state index is 13.5. The van der Waals surface area contributed by atoms with E-state index in [2.05, 4.69) is 5.16 Å². The lowest BCUT2D eigenvalue weighted by Gasteiger charge is -2.14. The van der Waals surface area contributed by atoms with Crippen LogP contribution in [-0.4, -0.2) is 22.8 Å². The Balaban J connectivity index is 1.28. The summed E-state index contributed by atoms with van der Waals surface area (Å²) in [6.07, 6.45) is 3.48. The maximum atomic E-state index is 13.5. The van der Waals surface area contributed by atoms with E-state index in [1.54, 1.807) is 30.3 Å². The van der Waals surface area contributed by atoms with Crippen LogP contribution in [-0.2, 0) is 35.4 Å². The zero-order valence-corrected chi connectivity index (χ0v) is 22.8. The molecule has 0 radical (unpaired) electrons. The van der Waals surface area contributed by atoms with Crippen molar-refractivity contribution in [2.45, 2.75) is 48.0 Å². The molecule has 1 aliphatic carbocycles. The van der Waals surface area contributed by atoms with Crippen LogP contribution in [0.4, 0.5) is 0 Å². The van der Waals surface area contributed by atoms with Gasteiger partial charge in [-0.2, -0.15) is 0 Å². The second-order valence-corrected chi connectivity index (χ2v) is 11.6. The van der Waals surface area contributed by atoms with Gasteiger partial charge in [0.1, 0.15) is 23.8 Å². The van der Waals surface area contributed by atoms with E-state index >= 15 is 0 Å². The van der Waals surface area contributed by atoms with Crippen LogP contribution in [0.25, 0.3) is 11.3 Å². The molecule has 0 bridgehead atoms. The third kappa shape index (κ3) is 4.69. The summed E-state index contributed by atoms with van der Waals surface area (Å²) in [5, 5.41) is 5.32. The van der Waals surface area contributed by atoms with Crippen LogP contribution >= 0.6 is 23.2 Å². The van der Waals surface area contributed by atoms with Crippen molar-refractivity contribution in [1.29, 1.82) is 0 Å². The van der Waals surface area contributed by atoms with Crippen molar-refractivity contribution in [3.05, 3.63) is 92.7 Å². The van der Waals surface area contributed by atoms with Crippen LogP contribution in [0.5, 0.6) is 5.75 Å². The van der Waals surface area contributed by atoms with Gasteiger partial charge in [0.15, 0.2) is 9.79 Å². The highest BCUT2D eigenvalue weighted by molar-refractivity contribution is 7.91. The second kappa shape index (κ2) is 10.3. The Morgan fingerprint density at radius 1 is 1.05 bits per heavy atom. The Morgan fingerprint density at radius 2 is 1.82 bits per heavy atom. The van der Waals surface area contributed by atoms with Crippen molar-refractivity contribution in [1.82, 2.24) is 5.16 Å². The number of halogens is 2. The second-order valence-electron chi connectivity index (χ2n) is 9.39. The standard InChI is InChI=1S/C29H23Cl2NO5S/c1-35-29(33)19-10-6-16-5-9-18-13-20(11-12-24(18)38(34)25(16)14-19)36-15-21-27(32-37-28(21)17-7-8-17)26-22(30)3-2-4-23(26)31/h2-4,6,10-14,17H,5,7-9,15H2,1H3. The van der Waals surface area contributed by atoms with Gasteiger partial charge in [0.25, 0.3) is 0 Å². The highest BCUT2D eigenvalue weighted by Crippen LogP contribution is 2.46. The first-order chi connectivity index (χ1) is 18.4. The lowest BCUT2D eigenvalue weighted by atomic mass is 10.0. The fourth-order valence-corrected chi connectivity index (χ4v) is 6.84. The topological polar surface area (TPSA) is 84.6 Å². The number of hydrogen-bond acceptors (Lipinski definition) is 6. The van der Waals surface area contributed by atoms with Gasteiger partial charge in [-0.3, -0.25) is 0 Å². The molecular weight excluding hydrogens is 545 g/mol. The molecular formula is C29H23Cl2NO5S. The summed E-state index contributed by atoms with van der Waals surface area (Å²) in [5.41, 5.74) is 4.34. The van der Waals surface area contributed by atoms with Gasteiger partial charge in [-0.25, -0.2) is 4.79 Å². The van der Waals surface area contributed by atoms with Gasteiger partial charge >= 0.3 is 5.97 Å². The Kier molecular flexibility index (Phi) is 6.86. The summed E-state index contributed by atoms with van der Waals surface area (Å²) >= 11 is 11.5. The van der Waals surface area contributed by atoms with E-state index in [-0.39, 0.29) is 6.61 Å². The number of carbonyl (C=O) groups is 1. The molecule has 0 saturated heterocycles. The monoisotopic (exact) mass is 567 g/mol. The molecule has 6 rings (SSSR count). The summed E-state index contributed by atoms with van der Waals surface area (Å²) in [4.78, 5) is 13.4. The van der Waals surface area contributed by atoms with E-state index in [9.17, 15) is 9.35 Å². The Morgan fingerprint density at radius 3 is 2.55 bits per heavy atom. The Hall–Kier alpha value is -2.97. The van der Waals surface area contributed by atoms with Crippen LogP contribution in [0.2, 0.25) is 10.0 Å². The van der Waals surface area contributed by atoms with Crippen molar-refractivity contribution in [2.24, 2.45) is 0 Å². The first-order valence-corrected chi connectivity index (χ1v) is 14.2. The van der Waals surface area contributed by atoms with Gasteiger partial charge in [0.05, 0.1) is 28.3 Å². The quantitative estimate of drug-likeness (QED) is 0.181. The predicted octanol–water partition coefficient (Wildman–Crippen LogP) is 7.16. The number of aryl methyl sites for hydroxylation is 2. The molecule has 2 aliphatic rings. The molecule has 194 valence electrons. The Bertz CT molecular complexity index is 1530. The fraction of sp³-hybridized carbons (Fsp3) is 0.241. The third-order valence-corrected chi connectivity index (χ3v) is 9.14. The van der Waals surface area contributed by atoms with Crippen molar-refractivity contribution in [3.63, 3.8) is 0 Å². The number of aromatic nitrogens is 1. The molecule has 4 aromatic rings. The van der Waals surface area contributed by atoms with Crippen LogP contribution in [0.15, 0.2) is 68.9 Å². The van der Waals surface area contributed by atoms with E-state index in [4.69, 9.17) is 37.2 Å². The summed E-state index contributed by atoms with van der Waals surface area (Å²) in [6.45, 7) is 0.233. The average molecular weight is 568 g/mol. The van der Waals surface area contributed by atoms with Gasteiger partial charge in [-0.1, -0.05) is 40.5 Å². The molecule has 2 heterocycles. The van der Waals surface area contributed by atoms with Gasteiger partial charge in [-0.05, 0) is 62.1 Å². The van der Waals surface area contributed by atoms with Crippen LogP contribution in [0, 0.1) is 0 Å². The maximum Gasteiger partial charge on any atom is 0.338 e. The predicted molar refractivity (Wildman–Crippen MR) is 145 cm³/mol. The number of esters is 1. The van der Waals surface area contributed by atoms with Crippen LogP contribution in [0.1, 0.15) is 51.6 Å². The highest BCUT2D eigenvalue weighted by atomic mass is 35.5. The minimum atomic E-state index is -1.43. The third-order valence-electron chi connectivity index (χ3n) is 6.93. The molecule has 1 atom stereocenters. The van der Waals surface area contributed by atoms with Crippen LogP contribution in [0.3, 0.4) is 0 Å². The van der Waals surface area contributed by atoms with E-state index in [0.717, 1.165) is 35.3 Å². The van der Waals surface area contributed by atoms with Gasteiger partial charge in [0, 0.05) is 39.9 Å². The number of ether oxygens (including phenoxy) is 2. The van der Waals surface area contributed by atoms with Crippen molar-refractivity contribution < 1.29 is 23.3 Å². The first kappa shape index (κ1) is 25.3. The largest absolute Gasteiger partial charge is 0.606 e. The molecule has 0 spiro atoms. The van der Waals surface area contributed by atoms with Gasteiger partial charge < -0.3 is 18.5 Å². The van der Waals surface area contributed by atoms with Crippen LogP contribution < -0.4 is 4.74 Å². The lowest BCUT2D eigenvalue weighted by molar-refractivity contribution is 0.0600. The molecule has 1 unspecified atom stereocenters. The molecule has 1 aliphatic heterocycles. The molecule has 0 amide bonds. The molecule has 1 fully saturated rings. The number of hydrogen-bond donors (Lipinski definition) is 0. The molecule has 1 aromatic heterocycles. The van der Waals surface area contributed by atoms with Crippen molar-refractivity contribution in [3.8, 4) is 17.0 Å². The van der Waals surface area contributed by atoms with E-state index in [1.807, 2.05) is 24.3 Å².